The Hall–Kier alpha value is -1.69. The number of rotatable bonds is 5. The summed E-state index contributed by atoms with van der Waals surface area (Å²) in [6, 6.07) is 13.2. The van der Waals surface area contributed by atoms with E-state index in [1.54, 1.807) is 0 Å². The van der Waals surface area contributed by atoms with Gasteiger partial charge in [-0.25, -0.2) is 0 Å². The molecule has 0 bridgehead atoms. The monoisotopic (exact) mass is 407 g/mol. The molecular formula is C18H18INO2. The highest BCUT2D eigenvalue weighted by molar-refractivity contribution is 14.1. The van der Waals surface area contributed by atoms with Crippen LogP contribution in [0.5, 0.6) is 0 Å². The average Bonchev–Trinajstić information content (AvgIpc) is 2.50. The highest BCUT2D eigenvalue weighted by Gasteiger charge is 2.11. The smallest absolute Gasteiger partial charge is 0.224 e. The second-order valence-electron chi connectivity index (χ2n) is 5.25. The Morgan fingerprint density at radius 1 is 1.00 bits per heavy atom. The number of para-hydroxylation sites is 1. The molecule has 0 aromatic heterocycles. The molecule has 0 fully saturated rings. The Morgan fingerprint density at radius 3 is 2.41 bits per heavy atom. The molecule has 0 aliphatic carbocycles. The molecule has 0 spiro atoms. The van der Waals surface area contributed by atoms with E-state index in [0.717, 1.165) is 20.4 Å². The lowest BCUT2D eigenvalue weighted by Gasteiger charge is -2.07. The summed E-state index contributed by atoms with van der Waals surface area (Å²) in [5, 5.41) is 2.84. The third kappa shape index (κ3) is 4.40. The molecule has 0 aliphatic rings. The fraction of sp³-hybridized carbons (Fsp3) is 0.222. The van der Waals surface area contributed by atoms with Gasteiger partial charge >= 0.3 is 0 Å². The molecule has 4 heteroatoms. The zero-order valence-electron chi connectivity index (χ0n) is 12.7. The van der Waals surface area contributed by atoms with Crippen molar-refractivity contribution < 1.29 is 9.59 Å². The Balaban J connectivity index is 1.92. The van der Waals surface area contributed by atoms with Gasteiger partial charge in [0.1, 0.15) is 0 Å². The minimum absolute atomic E-state index is 0.000934. The van der Waals surface area contributed by atoms with Gasteiger partial charge in [0.25, 0.3) is 0 Å². The van der Waals surface area contributed by atoms with Crippen LogP contribution in [0.2, 0.25) is 0 Å². The third-order valence-corrected chi connectivity index (χ3v) is 4.50. The first-order chi connectivity index (χ1) is 10.5. The second kappa shape index (κ2) is 7.54. The number of benzene rings is 2. The number of Topliss-reactive ketones (excluding diaryl/α,β-unsaturated/α-hetero) is 1. The van der Waals surface area contributed by atoms with Crippen LogP contribution in [-0.4, -0.2) is 11.7 Å². The highest BCUT2D eigenvalue weighted by Crippen LogP contribution is 2.18. The van der Waals surface area contributed by atoms with Gasteiger partial charge in [-0.1, -0.05) is 24.3 Å². The predicted octanol–water partition coefficient (Wildman–Crippen LogP) is 4.51. The van der Waals surface area contributed by atoms with Crippen molar-refractivity contribution in [3.63, 3.8) is 0 Å². The van der Waals surface area contributed by atoms with E-state index in [1.165, 1.54) is 0 Å². The minimum Gasteiger partial charge on any atom is -0.325 e. The number of carbonyl (C=O) groups excluding carboxylic acids is 2. The summed E-state index contributed by atoms with van der Waals surface area (Å²) in [6.07, 6.45) is 0.411. The van der Waals surface area contributed by atoms with E-state index in [0.29, 0.717) is 5.56 Å². The van der Waals surface area contributed by atoms with Crippen LogP contribution in [0.25, 0.3) is 0 Å². The number of anilines is 1. The molecule has 0 heterocycles. The van der Waals surface area contributed by atoms with Crippen molar-refractivity contribution in [2.75, 3.05) is 5.32 Å². The second-order valence-corrected chi connectivity index (χ2v) is 6.41. The van der Waals surface area contributed by atoms with Gasteiger partial charge in [-0.05, 0) is 65.8 Å². The minimum atomic E-state index is -0.138. The topological polar surface area (TPSA) is 46.2 Å². The Morgan fingerprint density at radius 2 is 1.73 bits per heavy atom. The van der Waals surface area contributed by atoms with Crippen molar-refractivity contribution in [1.82, 2.24) is 0 Å². The normalized spacial score (nSPS) is 10.3. The quantitative estimate of drug-likeness (QED) is 0.586. The fourth-order valence-electron chi connectivity index (χ4n) is 2.06. The van der Waals surface area contributed by atoms with Gasteiger partial charge in [0.15, 0.2) is 5.78 Å². The lowest BCUT2D eigenvalue weighted by atomic mass is 10.0. The molecule has 2 rings (SSSR count). The predicted molar refractivity (Wildman–Crippen MR) is 97.3 cm³/mol. The van der Waals surface area contributed by atoms with Crippen LogP contribution < -0.4 is 5.32 Å². The van der Waals surface area contributed by atoms with Gasteiger partial charge in [0, 0.05) is 22.0 Å². The first-order valence-electron chi connectivity index (χ1n) is 7.12. The number of nitrogens with one attached hydrogen (secondary N) is 1. The molecule has 2 aromatic carbocycles. The van der Waals surface area contributed by atoms with Gasteiger partial charge in [0.2, 0.25) is 5.91 Å². The van der Waals surface area contributed by atoms with Gasteiger partial charge in [-0.15, -0.1) is 0 Å². The number of halogens is 1. The lowest BCUT2D eigenvalue weighted by molar-refractivity contribution is -0.116. The van der Waals surface area contributed by atoms with Crippen LogP contribution in [0, 0.1) is 17.4 Å². The molecule has 3 nitrogen and oxygen atoms in total. The average molecular weight is 407 g/mol. The number of carbonyl (C=O) groups is 2. The summed E-state index contributed by atoms with van der Waals surface area (Å²) in [6.45, 7) is 3.99. The Labute approximate surface area is 144 Å². The highest BCUT2D eigenvalue weighted by atomic mass is 127. The standard InChI is InChI=1S/C18H18INO2/c1-12-7-8-14(11-13(12)2)17(21)9-10-18(22)20-16-6-4-3-5-15(16)19/h3-8,11H,9-10H2,1-2H3,(H,20,22). The van der Waals surface area contributed by atoms with E-state index in [-0.39, 0.29) is 24.5 Å². The molecule has 0 unspecified atom stereocenters. The lowest BCUT2D eigenvalue weighted by Crippen LogP contribution is -2.14. The molecule has 0 atom stereocenters. The summed E-state index contributed by atoms with van der Waals surface area (Å²) in [7, 11) is 0. The van der Waals surface area contributed by atoms with E-state index in [4.69, 9.17) is 0 Å². The van der Waals surface area contributed by atoms with E-state index in [2.05, 4.69) is 27.9 Å². The van der Waals surface area contributed by atoms with Crippen molar-refractivity contribution in [3.05, 3.63) is 62.7 Å². The van der Waals surface area contributed by atoms with Crippen LogP contribution in [0.4, 0.5) is 5.69 Å². The van der Waals surface area contributed by atoms with Gasteiger partial charge < -0.3 is 5.32 Å². The van der Waals surface area contributed by atoms with Gasteiger partial charge in [-0.2, -0.15) is 0 Å². The molecule has 1 amide bonds. The molecule has 0 radical (unpaired) electrons. The summed E-state index contributed by atoms with van der Waals surface area (Å²) in [5.74, 6) is -0.137. The summed E-state index contributed by atoms with van der Waals surface area (Å²) < 4.78 is 0.980. The van der Waals surface area contributed by atoms with Crippen LogP contribution in [0.15, 0.2) is 42.5 Å². The van der Waals surface area contributed by atoms with E-state index in [1.807, 2.05) is 56.3 Å². The number of amides is 1. The van der Waals surface area contributed by atoms with Crippen molar-refractivity contribution in [3.8, 4) is 0 Å². The molecule has 0 saturated carbocycles. The van der Waals surface area contributed by atoms with E-state index >= 15 is 0 Å². The molecule has 0 saturated heterocycles. The summed E-state index contributed by atoms with van der Waals surface area (Å²) in [5.41, 5.74) is 3.71. The Kier molecular flexibility index (Phi) is 5.71. The fourth-order valence-corrected chi connectivity index (χ4v) is 2.58. The largest absolute Gasteiger partial charge is 0.325 e. The van der Waals surface area contributed by atoms with Crippen LogP contribution in [-0.2, 0) is 4.79 Å². The molecular weight excluding hydrogens is 389 g/mol. The van der Waals surface area contributed by atoms with Gasteiger partial charge in [-0.3, -0.25) is 9.59 Å². The van der Waals surface area contributed by atoms with Crippen molar-refractivity contribution in [1.29, 1.82) is 0 Å². The summed E-state index contributed by atoms with van der Waals surface area (Å²) >= 11 is 2.17. The maximum absolute atomic E-state index is 12.2. The van der Waals surface area contributed by atoms with Crippen LogP contribution in [0.3, 0.4) is 0 Å². The molecule has 22 heavy (non-hydrogen) atoms. The van der Waals surface area contributed by atoms with Crippen LogP contribution in [0.1, 0.15) is 34.3 Å². The zero-order valence-corrected chi connectivity index (χ0v) is 14.8. The zero-order chi connectivity index (χ0) is 16.1. The van der Waals surface area contributed by atoms with E-state index < -0.39 is 0 Å². The third-order valence-electron chi connectivity index (χ3n) is 3.56. The first kappa shape index (κ1) is 16.7. The van der Waals surface area contributed by atoms with Crippen LogP contribution >= 0.6 is 22.6 Å². The van der Waals surface area contributed by atoms with Gasteiger partial charge in [0.05, 0.1) is 5.69 Å². The Bertz CT molecular complexity index is 710. The molecule has 2 aromatic rings. The molecule has 0 aliphatic heterocycles. The first-order valence-corrected chi connectivity index (χ1v) is 8.20. The maximum Gasteiger partial charge on any atom is 0.224 e. The number of hydrogen-bond donors (Lipinski definition) is 1. The summed E-state index contributed by atoms with van der Waals surface area (Å²) in [4.78, 5) is 24.1. The SMILES string of the molecule is Cc1ccc(C(=O)CCC(=O)Nc2ccccc2I)cc1C. The van der Waals surface area contributed by atoms with E-state index in [9.17, 15) is 9.59 Å². The number of aryl methyl sites for hydroxylation is 2. The maximum atomic E-state index is 12.2. The molecule has 1 N–H and O–H groups in total. The van der Waals surface area contributed by atoms with Crippen molar-refractivity contribution in [2.45, 2.75) is 26.7 Å². The number of ketones is 1. The van der Waals surface area contributed by atoms with Crippen molar-refractivity contribution in [2.24, 2.45) is 0 Å². The number of hydrogen-bond acceptors (Lipinski definition) is 2. The van der Waals surface area contributed by atoms with Crippen molar-refractivity contribution >= 4 is 40.0 Å². The molecule has 114 valence electrons.